The number of allylic oxidation sites excluding steroid dienone is 1. The number of aryl methyl sites for hydroxylation is 1. The van der Waals surface area contributed by atoms with E-state index >= 15 is 0 Å². The lowest BCUT2D eigenvalue weighted by Gasteiger charge is -2.27. The first-order chi connectivity index (χ1) is 19.3. The molecule has 0 bridgehead atoms. The van der Waals surface area contributed by atoms with Crippen molar-refractivity contribution in [3.63, 3.8) is 0 Å². The van der Waals surface area contributed by atoms with Crippen molar-refractivity contribution >= 4 is 23.2 Å². The number of rotatable bonds is 10. The van der Waals surface area contributed by atoms with Crippen LogP contribution < -0.4 is 15.5 Å². The van der Waals surface area contributed by atoms with Crippen LogP contribution in [0.1, 0.15) is 48.9 Å². The zero-order chi connectivity index (χ0) is 28.3. The Morgan fingerprint density at radius 1 is 1.27 bits per heavy atom. The van der Waals surface area contributed by atoms with Gasteiger partial charge in [0.1, 0.15) is 0 Å². The first-order valence-corrected chi connectivity index (χ1v) is 13.7. The molecule has 1 aromatic heterocycles. The molecule has 3 heterocycles. The summed E-state index contributed by atoms with van der Waals surface area (Å²) in [6.07, 6.45) is 7.95. The number of fused-ring (bicyclic) bond motifs is 1. The third-order valence-corrected chi connectivity index (χ3v) is 7.95. The second-order valence-corrected chi connectivity index (χ2v) is 10.6. The van der Waals surface area contributed by atoms with E-state index in [1.165, 1.54) is 4.90 Å². The fourth-order valence-corrected chi connectivity index (χ4v) is 5.55. The molecule has 1 saturated heterocycles. The highest BCUT2D eigenvalue weighted by Crippen LogP contribution is 2.45. The van der Waals surface area contributed by atoms with Gasteiger partial charge >= 0.3 is 0 Å². The Kier molecular flexibility index (Phi) is 8.11. The van der Waals surface area contributed by atoms with Crippen molar-refractivity contribution < 1.29 is 19.8 Å². The summed E-state index contributed by atoms with van der Waals surface area (Å²) in [6, 6.07) is 14.7. The van der Waals surface area contributed by atoms with Gasteiger partial charge in [-0.1, -0.05) is 54.6 Å². The zero-order valence-corrected chi connectivity index (χ0v) is 22.8. The number of aromatic nitrogens is 3. The Balaban J connectivity index is 1.25. The van der Waals surface area contributed by atoms with Crippen molar-refractivity contribution in [2.45, 2.75) is 50.3 Å². The van der Waals surface area contributed by atoms with Crippen LogP contribution >= 0.6 is 0 Å². The molecule has 5 rings (SSSR count). The lowest BCUT2D eigenvalue weighted by Crippen LogP contribution is -2.43. The van der Waals surface area contributed by atoms with E-state index in [1.807, 2.05) is 55.6 Å². The Morgan fingerprint density at radius 2 is 2.08 bits per heavy atom. The molecule has 40 heavy (non-hydrogen) atoms. The van der Waals surface area contributed by atoms with Gasteiger partial charge in [-0.3, -0.25) is 14.3 Å². The number of nitrogens with zero attached hydrogens (tertiary/aromatic N) is 4. The molecule has 210 valence electrons. The van der Waals surface area contributed by atoms with E-state index in [2.05, 4.69) is 20.9 Å². The summed E-state index contributed by atoms with van der Waals surface area (Å²) >= 11 is 0. The molecule has 0 radical (unpaired) electrons. The monoisotopic (exact) mass is 544 g/mol. The number of likely N-dealkylation sites (N-methyl/N-ethyl adjacent to an activating group) is 1. The molecule has 3 aromatic rings. The van der Waals surface area contributed by atoms with E-state index in [0.29, 0.717) is 35.6 Å². The minimum Gasteiger partial charge on any atom is -0.395 e. The van der Waals surface area contributed by atoms with Crippen LogP contribution in [-0.2, 0) is 21.7 Å². The standard InChI is InChI=1S/C30H36N6O4/c1-20(9-6-7-16-36-18-26(33-34-36)23(19-37)21-10-4-3-5-11-21)30(40)24-17-22(13-14-27(24)35(2)29(30)39)32-28(38)25-12-8-15-31-25/h3-6,9-11,13-14,17-18,20,23,25,31,37,40H,7-8,12,15-16,19H2,1-2H3,(H,32,38)/b9-6+/t20-,23?,25+,30+/m0/s1. The number of hydrogen-bond donors (Lipinski definition) is 4. The quantitative estimate of drug-likeness (QED) is 0.288. The van der Waals surface area contributed by atoms with Crippen LogP contribution in [0.4, 0.5) is 11.4 Å². The number of carbonyl (C=O) groups is 2. The number of amides is 2. The minimum absolute atomic E-state index is 0.0640. The normalized spacial score (nSPS) is 22.1. The van der Waals surface area contributed by atoms with E-state index in [9.17, 15) is 19.8 Å². The Morgan fingerprint density at radius 3 is 2.80 bits per heavy atom. The zero-order valence-electron chi connectivity index (χ0n) is 22.8. The molecular formula is C30H36N6O4. The first kappa shape index (κ1) is 27.7. The molecule has 0 saturated carbocycles. The maximum Gasteiger partial charge on any atom is 0.264 e. The summed E-state index contributed by atoms with van der Waals surface area (Å²) in [5, 5.41) is 36.2. The smallest absolute Gasteiger partial charge is 0.264 e. The van der Waals surface area contributed by atoms with Crippen LogP contribution in [0, 0.1) is 5.92 Å². The first-order valence-electron chi connectivity index (χ1n) is 13.7. The number of hydrogen-bond acceptors (Lipinski definition) is 7. The molecule has 10 heteroatoms. The van der Waals surface area contributed by atoms with Gasteiger partial charge in [0.25, 0.3) is 5.91 Å². The van der Waals surface area contributed by atoms with Crippen molar-refractivity contribution in [2.75, 3.05) is 30.4 Å². The van der Waals surface area contributed by atoms with Crippen LogP contribution in [0.2, 0.25) is 0 Å². The van der Waals surface area contributed by atoms with Gasteiger partial charge in [-0.05, 0) is 49.6 Å². The highest BCUT2D eigenvalue weighted by Gasteiger charge is 2.51. The number of benzene rings is 2. The van der Waals surface area contributed by atoms with Crippen molar-refractivity contribution in [3.05, 3.63) is 83.7 Å². The van der Waals surface area contributed by atoms with Gasteiger partial charge in [-0.2, -0.15) is 0 Å². The molecule has 2 aromatic carbocycles. The average molecular weight is 545 g/mol. The van der Waals surface area contributed by atoms with E-state index in [1.54, 1.807) is 29.9 Å². The van der Waals surface area contributed by atoms with E-state index in [4.69, 9.17) is 0 Å². The van der Waals surface area contributed by atoms with Crippen molar-refractivity contribution in [3.8, 4) is 0 Å². The Hall–Kier alpha value is -3.86. The molecule has 1 fully saturated rings. The fourth-order valence-electron chi connectivity index (χ4n) is 5.55. The average Bonchev–Trinajstić information content (AvgIpc) is 3.71. The van der Waals surface area contributed by atoms with Gasteiger partial charge in [0.2, 0.25) is 5.91 Å². The minimum atomic E-state index is -1.75. The van der Waals surface area contributed by atoms with Crippen LogP contribution in [-0.4, -0.2) is 63.3 Å². The van der Waals surface area contributed by atoms with E-state index in [-0.39, 0.29) is 24.5 Å². The maximum absolute atomic E-state index is 13.2. The molecular weight excluding hydrogens is 508 g/mol. The van der Waals surface area contributed by atoms with Gasteiger partial charge in [0, 0.05) is 37.0 Å². The van der Waals surface area contributed by atoms with E-state index < -0.39 is 17.4 Å². The second-order valence-electron chi connectivity index (χ2n) is 10.6. The summed E-state index contributed by atoms with van der Waals surface area (Å²) in [4.78, 5) is 27.3. The largest absolute Gasteiger partial charge is 0.395 e. The third kappa shape index (κ3) is 5.30. The summed E-state index contributed by atoms with van der Waals surface area (Å²) < 4.78 is 1.72. The summed E-state index contributed by atoms with van der Waals surface area (Å²) in [5.41, 5.74) is 1.57. The molecule has 0 spiro atoms. The number of carbonyl (C=O) groups excluding carboxylic acids is 2. The maximum atomic E-state index is 13.2. The predicted octanol–water partition coefficient (Wildman–Crippen LogP) is 2.54. The Bertz CT molecular complexity index is 1380. The molecule has 4 atom stereocenters. The lowest BCUT2D eigenvalue weighted by atomic mass is 9.82. The third-order valence-electron chi connectivity index (χ3n) is 7.95. The lowest BCUT2D eigenvalue weighted by molar-refractivity contribution is -0.139. The number of aliphatic hydroxyl groups excluding tert-OH is 1. The number of nitrogens with one attached hydrogen (secondary N) is 2. The molecule has 10 nitrogen and oxygen atoms in total. The summed E-state index contributed by atoms with van der Waals surface area (Å²) in [7, 11) is 1.65. The van der Waals surface area contributed by atoms with Crippen LogP contribution in [0.5, 0.6) is 0 Å². The Labute approximate surface area is 233 Å². The SMILES string of the molecule is C[C@@H](/C=C/CCn1cc(C(CO)c2ccccc2)nn1)[C@]1(O)C(=O)N(C)c2ccc(NC(=O)[C@H]3CCCN3)cc21. The van der Waals surface area contributed by atoms with Gasteiger partial charge in [-0.25, -0.2) is 0 Å². The molecule has 4 N–H and O–H groups in total. The van der Waals surface area contributed by atoms with Crippen molar-refractivity contribution in [1.29, 1.82) is 0 Å². The predicted molar refractivity (Wildman–Crippen MR) is 152 cm³/mol. The molecule has 2 aliphatic rings. The van der Waals surface area contributed by atoms with Gasteiger partial charge in [-0.15, -0.1) is 5.10 Å². The highest BCUT2D eigenvalue weighted by atomic mass is 16.3. The van der Waals surface area contributed by atoms with Crippen molar-refractivity contribution in [2.24, 2.45) is 5.92 Å². The van der Waals surface area contributed by atoms with Crippen LogP contribution in [0.15, 0.2) is 66.9 Å². The topological polar surface area (TPSA) is 133 Å². The van der Waals surface area contributed by atoms with Gasteiger partial charge < -0.3 is 25.7 Å². The molecule has 2 amide bonds. The highest BCUT2D eigenvalue weighted by molar-refractivity contribution is 6.07. The molecule has 1 unspecified atom stereocenters. The summed E-state index contributed by atoms with van der Waals surface area (Å²) in [6.45, 7) is 3.12. The van der Waals surface area contributed by atoms with E-state index in [0.717, 1.165) is 24.9 Å². The molecule has 2 aliphatic heterocycles. The second kappa shape index (κ2) is 11.7. The summed E-state index contributed by atoms with van der Waals surface area (Å²) in [5.74, 6) is -1.28. The molecule has 0 aliphatic carbocycles. The van der Waals surface area contributed by atoms with Crippen molar-refractivity contribution in [1.82, 2.24) is 20.3 Å². The van der Waals surface area contributed by atoms with Crippen LogP contribution in [0.3, 0.4) is 0 Å². The number of aliphatic hydroxyl groups is 2. The van der Waals surface area contributed by atoms with Gasteiger partial charge in [0.15, 0.2) is 5.60 Å². The van der Waals surface area contributed by atoms with Gasteiger partial charge in [0.05, 0.1) is 29.9 Å². The van der Waals surface area contributed by atoms with Crippen LogP contribution in [0.25, 0.3) is 0 Å². The fraction of sp³-hybridized carbons (Fsp3) is 0.400. The number of anilines is 2.